The molecule has 0 radical (unpaired) electrons. The van der Waals surface area contributed by atoms with E-state index in [1.165, 1.54) is 70.9 Å². The van der Waals surface area contributed by atoms with E-state index in [0.717, 1.165) is 0 Å². The van der Waals surface area contributed by atoms with Crippen molar-refractivity contribution < 1.29 is 0 Å². The van der Waals surface area contributed by atoms with Crippen molar-refractivity contribution >= 4 is 43.1 Å². The molecule has 0 spiro atoms. The molecule has 0 heterocycles. The van der Waals surface area contributed by atoms with Crippen molar-refractivity contribution in [2.24, 2.45) is 0 Å². The molecule has 7 aromatic rings. The highest BCUT2D eigenvalue weighted by Crippen LogP contribution is 2.50. The minimum absolute atomic E-state index is 0.259. The first-order valence-corrected chi connectivity index (χ1v) is 11.7. The first kappa shape index (κ1) is 17.4. The van der Waals surface area contributed by atoms with Gasteiger partial charge in [0.1, 0.15) is 0 Å². The van der Waals surface area contributed by atoms with Crippen LogP contribution in [0.5, 0.6) is 0 Å². The van der Waals surface area contributed by atoms with E-state index in [4.69, 9.17) is 0 Å². The van der Waals surface area contributed by atoms with E-state index < -0.39 is 0 Å². The van der Waals surface area contributed by atoms with Crippen molar-refractivity contribution in [3.05, 3.63) is 132 Å². The van der Waals surface area contributed by atoms with Crippen LogP contribution in [0.3, 0.4) is 0 Å². The van der Waals surface area contributed by atoms with Gasteiger partial charge < -0.3 is 0 Å². The quantitative estimate of drug-likeness (QED) is 0.185. The zero-order valence-electron chi connectivity index (χ0n) is 18.0. The Morgan fingerprint density at radius 3 is 1.52 bits per heavy atom. The Labute approximate surface area is 192 Å². The monoisotopic (exact) mass is 416 g/mol. The highest BCUT2D eigenvalue weighted by molar-refractivity contribution is 6.33. The molecule has 7 aromatic carbocycles. The van der Waals surface area contributed by atoms with Crippen LogP contribution in [0.15, 0.2) is 115 Å². The SMILES string of the molecule is c1ccc2c(c1)-c1ccccc1C2c1ccc2c3cccc4cccc(c5cccc1c52)c43. The maximum atomic E-state index is 2.39. The predicted molar refractivity (Wildman–Crippen MR) is 140 cm³/mol. The molecule has 8 rings (SSSR count). The normalized spacial score (nSPS) is 13.3. The molecule has 0 saturated heterocycles. The second-order valence-electron chi connectivity index (χ2n) is 9.25. The molecule has 0 aliphatic heterocycles. The Bertz CT molecular complexity index is 1780. The Morgan fingerprint density at radius 1 is 0.333 bits per heavy atom. The molecular weight excluding hydrogens is 396 g/mol. The van der Waals surface area contributed by atoms with Crippen LogP contribution in [0.25, 0.3) is 54.2 Å². The van der Waals surface area contributed by atoms with Gasteiger partial charge in [0, 0.05) is 5.92 Å². The molecule has 152 valence electrons. The summed E-state index contributed by atoms with van der Waals surface area (Å²) in [6.07, 6.45) is 0. The summed E-state index contributed by atoms with van der Waals surface area (Å²) in [5.74, 6) is 0.259. The fourth-order valence-corrected chi connectivity index (χ4v) is 6.41. The minimum Gasteiger partial charge on any atom is -0.0619 e. The van der Waals surface area contributed by atoms with Gasteiger partial charge in [-0.15, -0.1) is 0 Å². The molecule has 0 unspecified atom stereocenters. The molecule has 0 N–H and O–H groups in total. The van der Waals surface area contributed by atoms with Gasteiger partial charge >= 0.3 is 0 Å². The zero-order chi connectivity index (χ0) is 21.5. The lowest BCUT2D eigenvalue weighted by Gasteiger charge is -2.20. The van der Waals surface area contributed by atoms with Crippen molar-refractivity contribution in [1.82, 2.24) is 0 Å². The lowest BCUT2D eigenvalue weighted by molar-refractivity contribution is 1.03. The summed E-state index contributed by atoms with van der Waals surface area (Å²) in [6, 6.07) is 42.9. The second-order valence-corrected chi connectivity index (χ2v) is 9.25. The zero-order valence-corrected chi connectivity index (χ0v) is 18.0. The summed E-state index contributed by atoms with van der Waals surface area (Å²) in [6.45, 7) is 0. The maximum Gasteiger partial charge on any atom is 0.0358 e. The molecule has 0 aromatic heterocycles. The summed E-state index contributed by atoms with van der Waals surface area (Å²) in [4.78, 5) is 0. The van der Waals surface area contributed by atoms with Gasteiger partial charge in [-0.2, -0.15) is 0 Å². The van der Waals surface area contributed by atoms with Gasteiger partial charge in [0.25, 0.3) is 0 Å². The van der Waals surface area contributed by atoms with Crippen molar-refractivity contribution in [2.75, 3.05) is 0 Å². The average molecular weight is 417 g/mol. The third-order valence-electron chi connectivity index (χ3n) is 7.70. The largest absolute Gasteiger partial charge is 0.0619 e. The van der Waals surface area contributed by atoms with Crippen LogP contribution in [0.1, 0.15) is 22.6 Å². The van der Waals surface area contributed by atoms with Crippen molar-refractivity contribution in [1.29, 1.82) is 0 Å². The molecule has 0 nitrogen and oxygen atoms in total. The fraction of sp³-hybridized carbons (Fsp3) is 0.0303. The van der Waals surface area contributed by atoms with Gasteiger partial charge in [-0.1, -0.05) is 115 Å². The van der Waals surface area contributed by atoms with Gasteiger partial charge in [0.05, 0.1) is 0 Å². The van der Waals surface area contributed by atoms with Gasteiger partial charge in [0.15, 0.2) is 0 Å². The Hall–Kier alpha value is -4.16. The standard InChI is InChI=1S/C33H20/c1-3-12-23-21(10-1)22-11-2-4-13-24(22)32(23)30-19-18-29-26-15-6-9-20-8-5-14-25(31(20)26)27-16-7-17-28(30)33(27)29/h1-19,32H. The van der Waals surface area contributed by atoms with E-state index in [0.29, 0.717) is 0 Å². The maximum absolute atomic E-state index is 2.39. The van der Waals surface area contributed by atoms with Gasteiger partial charge in [-0.3, -0.25) is 0 Å². The van der Waals surface area contributed by atoms with Gasteiger partial charge in [0.2, 0.25) is 0 Å². The number of rotatable bonds is 1. The number of hydrogen-bond acceptors (Lipinski definition) is 0. The lowest BCUT2D eigenvalue weighted by Crippen LogP contribution is -2.01. The fourth-order valence-electron chi connectivity index (χ4n) is 6.41. The highest BCUT2D eigenvalue weighted by atomic mass is 14.3. The van der Waals surface area contributed by atoms with Crippen LogP contribution in [-0.2, 0) is 0 Å². The molecule has 1 aliphatic rings. The number of fused-ring (bicyclic) bond motifs is 5. The summed E-state index contributed by atoms with van der Waals surface area (Å²) >= 11 is 0. The number of hydrogen-bond donors (Lipinski definition) is 0. The molecule has 33 heavy (non-hydrogen) atoms. The van der Waals surface area contributed by atoms with E-state index in [9.17, 15) is 0 Å². The van der Waals surface area contributed by atoms with Crippen molar-refractivity contribution in [2.45, 2.75) is 5.92 Å². The van der Waals surface area contributed by atoms with Gasteiger partial charge in [-0.25, -0.2) is 0 Å². The van der Waals surface area contributed by atoms with Gasteiger partial charge in [-0.05, 0) is 70.9 Å². The Morgan fingerprint density at radius 2 is 0.848 bits per heavy atom. The van der Waals surface area contributed by atoms with Crippen LogP contribution in [0.2, 0.25) is 0 Å². The minimum atomic E-state index is 0.259. The first-order valence-electron chi connectivity index (χ1n) is 11.7. The van der Waals surface area contributed by atoms with Crippen LogP contribution in [0, 0.1) is 0 Å². The summed E-state index contributed by atoms with van der Waals surface area (Å²) in [5, 5.41) is 10.9. The molecule has 0 amide bonds. The first-order chi connectivity index (χ1) is 16.4. The van der Waals surface area contributed by atoms with E-state index in [1.54, 1.807) is 0 Å². The van der Waals surface area contributed by atoms with Crippen LogP contribution in [-0.4, -0.2) is 0 Å². The average Bonchev–Trinajstić information content (AvgIpc) is 3.21. The molecule has 0 atom stereocenters. The molecule has 0 fully saturated rings. The topological polar surface area (TPSA) is 0 Å². The number of benzene rings is 7. The summed E-state index contributed by atoms with van der Waals surface area (Å²) in [7, 11) is 0. The van der Waals surface area contributed by atoms with Crippen molar-refractivity contribution in [3.63, 3.8) is 0 Å². The smallest absolute Gasteiger partial charge is 0.0358 e. The van der Waals surface area contributed by atoms with E-state index in [1.807, 2.05) is 0 Å². The highest BCUT2D eigenvalue weighted by Gasteiger charge is 2.30. The third-order valence-corrected chi connectivity index (χ3v) is 7.70. The molecular formula is C33H20. The summed E-state index contributed by atoms with van der Waals surface area (Å²) in [5.41, 5.74) is 6.97. The van der Waals surface area contributed by atoms with E-state index in [2.05, 4.69) is 115 Å². The predicted octanol–water partition coefficient (Wildman–Crippen LogP) is 8.90. The Kier molecular flexibility index (Phi) is 3.27. The van der Waals surface area contributed by atoms with Crippen molar-refractivity contribution in [3.8, 4) is 11.1 Å². The molecule has 1 aliphatic carbocycles. The molecule has 0 saturated carbocycles. The second kappa shape index (κ2) is 6.21. The third kappa shape index (κ3) is 2.16. The van der Waals surface area contributed by atoms with E-state index in [-0.39, 0.29) is 5.92 Å². The Balaban J connectivity index is 1.55. The lowest BCUT2D eigenvalue weighted by atomic mass is 9.82. The van der Waals surface area contributed by atoms with Crippen LogP contribution in [0.4, 0.5) is 0 Å². The molecule has 0 heteroatoms. The molecule has 0 bridgehead atoms. The van der Waals surface area contributed by atoms with Crippen LogP contribution < -0.4 is 0 Å². The summed E-state index contributed by atoms with van der Waals surface area (Å²) < 4.78 is 0. The van der Waals surface area contributed by atoms with Crippen LogP contribution >= 0.6 is 0 Å². The van der Waals surface area contributed by atoms with E-state index >= 15 is 0 Å².